The molecule has 2 saturated heterocycles. The third-order valence-corrected chi connectivity index (χ3v) is 4.62. The van der Waals surface area contributed by atoms with Crippen LogP contribution in [0.25, 0.3) is 11.0 Å². The predicted molar refractivity (Wildman–Crippen MR) is 85.2 cm³/mol. The van der Waals surface area contributed by atoms with Crippen molar-refractivity contribution in [1.82, 2.24) is 14.9 Å². The molecule has 2 fully saturated rings. The van der Waals surface area contributed by atoms with Crippen molar-refractivity contribution in [2.75, 3.05) is 32.9 Å². The number of piperidine rings is 1. The molecule has 2 aliphatic rings. The van der Waals surface area contributed by atoms with E-state index in [1.807, 2.05) is 29.2 Å². The Bertz CT molecular complexity index is 660. The van der Waals surface area contributed by atoms with Gasteiger partial charge in [0.05, 0.1) is 30.9 Å². The lowest BCUT2D eigenvalue weighted by molar-refractivity contribution is -0.159. The van der Waals surface area contributed by atoms with Crippen LogP contribution in [0.3, 0.4) is 0 Å². The molecule has 2 atom stereocenters. The molecule has 1 amide bonds. The fourth-order valence-electron chi connectivity index (χ4n) is 3.40. The van der Waals surface area contributed by atoms with Gasteiger partial charge in [0.25, 0.3) is 5.91 Å². The van der Waals surface area contributed by atoms with Gasteiger partial charge in [0.15, 0.2) is 6.10 Å². The molecule has 2 aliphatic heterocycles. The highest BCUT2D eigenvalue weighted by molar-refractivity contribution is 5.81. The van der Waals surface area contributed by atoms with E-state index in [0.29, 0.717) is 26.4 Å². The van der Waals surface area contributed by atoms with Crippen LogP contribution in [0.4, 0.5) is 0 Å². The van der Waals surface area contributed by atoms with Crippen LogP contribution in [-0.2, 0) is 14.3 Å². The molecule has 0 aliphatic carbocycles. The lowest BCUT2D eigenvalue weighted by Gasteiger charge is -2.35. The van der Waals surface area contributed by atoms with Crippen molar-refractivity contribution in [3.63, 3.8) is 0 Å². The molecule has 6 heteroatoms. The first-order valence-corrected chi connectivity index (χ1v) is 8.24. The molecular formula is C17H21N3O3. The molecule has 1 N–H and O–H groups in total. The highest BCUT2D eigenvalue weighted by atomic mass is 16.6. The third-order valence-electron chi connectivity index (χ3n) is 4.62. The van der Waals surface area contributed by atoms with Crippen molar-refractivity contribution < 1.29 is 14.3 Å². The smallest absolute Gasteiger partial charge is 0.254 e. The van der Waals surface area contributed by atoms with Gasteiger partial charge in [0.2, 0.25) is 0 Å². The van der Waals surface area contributed by atoms with Gasteiger partial charge < -0.3 is 19.4 Å². The summed E-state index contributed by atoms with van der Waals surface area (Å²) in [4.78, 5) is 22.6. The van der Waals surface area contributed by atoms with Gasteiger partial charge in [-0.15, -0.1) is 0 Å². The quantitative estimate of drug-likeness (QED) is 0.915. The summed E-state index contributed by atoms with van der Waals surface area (Å²) in [5.74, 6) is 1.28. The minimum absolute atomic E-state index is 0.0468. The molecular weight excluding hydrogens is 294 g/mol. The second-order valence-electron chi connectivity index (χ2n) is 6.20. The summed E-state index contributed by atoms with van der Waals surface area (Å²) >= 11 is 0. The number of nitrogens with one attached hydrogen (secondary N) is 1. The van der Waals surface area contributed by atoms with Gasteiger partial charge in [-0.2, -0.15) is 0 Å². The Balaban J connectivity index is 1.48. The fourth-order valence-corrected chi connectivity index (χ4v) is 3.40. The van der Waals surface area contributed by atoms with Crippen LogP contribution >= 0.6 is 0 Å². The number of carbonyl (C=O) groups is 1. The van der Waals surface area contributed by atoms with Crippen LogP contribution in [0.2, 0.25) is 0 Å². The summed E-state index contributed by atoms with van der Waals surface area (Å²) in [6.45, 7) is 2.92. The number of carbonyl (C=O) groups excluding carboxylic acids is 1. The van der Waals surface area contributed by atoms with Gasteiger partial charge in [-0.25, -0.2) is 4.98 Å². The number of amides is 1. The minimum atomic E-state index is -0.446. The van der Waals surface area contributed by atoms with E-state index in [0.717, 1.165) is 36.2 Å². The number of aromatic nitrogens is 2. The van der Waals surface area contributed by atoms with E-state index < -0.39 is 6.10 Å². The number of hydrogen-bond donors (Lipinski definition) is 1. The molecule has 122 valence electrons. The van der Waals surface area contributed by atoms with Gasteiger partial charge in [0.1, 0.15) is 5.82 Å². The average molecular weight is 315 g/mol. The third kappa shape index (κ3) is 2.96. The molecule has 0 saturated carbocycles. The zero-order chi connectivity index (χ0) is 15.6. The van der Waals surface area contributed by atoms with Crippen molar-refractivity contribution in [3.8, 4) is 0 Å². The fraction of sp³-hybridized carbons (Fsp3) is 0.529. The highest BCUT2D eigenvalue weighted by Gasteiger charge is 2.32. The summed E-state index contributed by atoms with van der Waals surface area (Å²) in [7, 11) is 0. The molecule has 2 unspecified atom stereocenters. The van der Waals surface area contributed by atoms with Crippen LogP contribution in [0.15, 0.2) is 24.3 Å². The first-order valence-electron chi connectivity index (χ1n) is 8.24. The first kappa shape index (κ1) is 14.7. The Morgan fingerprint density at radius 3 is 3.04 bits per heavy atom. The van der Waals surface area contributed by atoms with Gasteiger partial charge in [-0.3, -0.25) is 4.79 Å². The molecule has 1 aromatic heterocycles. The molecule has 23 heavy (non-hydrogen) atoms. The Labute approximate surface area is 134 Å². The number of para-hydroxylation sites is 2. The molecule has 2 aromatic rings. The Hall–Kier alpha value is -1.92. The number of likely N-dealkylation sites (tertiary alicyclic amines) is 1. The average Bonchev–Trinajstić information content (AvgIpc) is 3.06. The van der Waals surface area contributed by atoms with Gasteiger partial charge in [-0.1, -0.05) is 12.1 Å². The number of nitrogens with zero attached hydrogens (tertiary/aromatic N) is 2. The van der Waals surface area contributed by atoms with Crippen LogP contribution < -0.4 is 0 Å². The second-order valence-corrected chi connectivity index (χ2v) is 6.20. The maximum absolute atomic E-state index is 12.6. The van der Waals surface area contributed by atoms with E-state index in [2.05, 4.69) is 4.98 Å². The van der Waals surface area contributed by atoms with E-state index >= 15 is 0 Å². The Morgan fingerprint density at radius 1 is 1.30 bits per heavy atom. The largest absolute Gasteiger partial charge is 0.376 e. The number of fused-ring (bicyclic) bond motifs is 1. The van der Waals surface area contributed by atoms with Crippen LogP contribution in [0.1, 0.15) is 24.6 Å². The van der Waals surface area contributed by atoms with Gasteiger partial charge in [-0.05, 0) is 25.0 Å². The number of aromatic amines is 1. The standard InChI is InChI=1S/C17H21N3O3/c21-17(15-11-22-8-9-23-15)20-7-3-4-12(10-20)16-18-13-5-1-2-6-14(13)19-16/h1-2,5-6,12,15H,3-4,7-11H2,(H,18,19). The monoisotopic (exact) mass is 315 g/mol. The van der Waals surface area contributed by atoms with Crippen molar-refractivity contribution in [2.24, 2.45) is 0 Å². The first-order chi connectivity index (χ1) is 11.3. The van der Waals surface area contributed by atoms with Crippen molar-refractivity contribution >= 4 is 16.9 Å². The molecule has 3 heterocycles. The molecule has 0 spiro atoms. The summed E-state index contributed by atoms with van der Waals surface area (Å²) in [5, 5.41) is 0. The summed E-state index contributed by atoms with van der Waals surface area (Å²) < 4.78 is 10.9. The summed E-state index contributed by atoms with van der Waals surface area (Å²) in [6.07, 6.45) is 1.59. The second kappa shape index (κ2) is 6.29. The number of hydrogen-bond acceptors (Lipinski definition) is 4. The van der Waals surface area contributed by atoms with E-state index in [9.17, 15) is 4.79 Å². The number of rotatable bonds is 2. The molecule has 6 nitrogen and oxygen atoms in total. The molecule has 4 rings (SSSR count). The van der Waals surface area contributed by atoms with E-state index in [1.165, 1.54) is 0 Å². The molecule has 0 radical (unpaired) electrons. The number of ether oxygens (including phenoxy) is 2. The summed E-state index contributed by atoms with van der Waals surface area (Å²) in [5.41, 5.74) is 2.03. The number of benzene rings is 1. The van der Waals surface area contributed by atoms with Crippen LogP contribution in [0, 0.1) is 0 Å². The van der Waals surface area contributed by atoms with Gasteiger partial charge >= 0.3 is 0 Å². The highest BCUT2D eigenvalue weighted by Crippen LogP contribution is 2.27. The van der Waals surface area contributed by atoms with Crippen molar-refractivity contribution in [1.29, 1.82) is 0 Å². The number of imidazole rings is 1. The van der Waals surface area contributed by atoms with Crippen molar-refractivity contribution in [3.05, 3.63) is 30.1 Å². The predicted octanol–water partition coefficient (Wildman–Crippen LogP) is 1.68. The number of H-pyrrole nitrogens is 1. The Morgan fingerprint density at radius 2 is 2.22 bits per heavy atom. The molecule has 0 bridgehead atoms. The minimum Gasteiger partial charge on any atom is -0.376 e. The maximum Gasteiger partial charge on any atom is 0.254 e. The van der Waals surface area contributed by atoms with Gasteiger partial charge in [0, 0.05) is 19.0 Å². The maximum atomic E-state index is 12.6. The van der Waals surface area contributed by atoms with Crippen LogP contribution in [0.5, 0.6) is 0 Å². The normalized spacial score (nSPS) is 25.7. The van der Waals surface area contributed by atoms with E-state index in [4.69, 9.17) is 14.5 Å². The lowest BCUT2D eigenvalue weighted by atomic mass is 9.97. The zero-order valence-electron chi connectivity index (χ0n) is 13.0. The van der Waals surface area contributed by atoms with Crippen LogP contribution in [-0.4, -0.2) is 59.8 Å². The van der Waals surface area contributed by atoms with E-state index in [1.54, 1.807) is 0 Å². The Kier molecular flexibility index (Phi) is 4.01. The summed E-state index contributed by atoms with van der Waals surface area (Å²) in [6, 6.07) is 8.03. The SMILES string of the molecule is O=C(C1COCCO1)N1CCCC(c2nc3ccccc3[nH]2)C1. The zero-order valence-corrected chi connectivity index (χ0v) is 13.0. The van der Waals surface area contributed by atoms with Crippen molar-refractivity contribution in [2.45, 2.75) is 24.9 Å². The lowest BCUT2D eigenvalue weighted by Crippen LogP contribution is -2.48. The van der Waals surface area contributed by atoms with E-state index in [-0.39, 0.29) is 11.8 Å². The molecule has 1 aromatic carbocycles. The topological polar surface area (TPSA) is 67.5 Å².